The van der Waals surface area contributed by atoms with Gasteiger partial charge >= 0.3 is 5.97 Å². The van der Waals surface area contributed by atoms with Crippen molar-refractivity contribution in [2.75, 3.05) is 0 Å². The van der Waals surface area contributed by atoms with Crippen molar-refractivity contribution in [3.63, 3.8) is 0 Å². The van der Waals surface area contributed by atoms with Crippen LogP contribution >= 0.6 is 0 Å². The van der Waals surface area contributed by atoms with Gasteiger partial charge in [0.25, 0.3) is 0 Å². The standard InChI is InChI=1S/C30H44O2/c1-5-6-7-8-9-10-11-12-13-14-15-16-17-18-19-20-21-26-29(31)32-28-25-23-22-24-27(28)30(2,3)4/h15-26H,5-14H2,1-4H3/b16-15-,18-17+,20-19-,26-21+. The Morgan fingerprint density at radius 1 is 0.781 bits per heavy atom. The van der Waals surface area contributed by atoms with Crippen LogP contribution in [-0.2, 0) is 10.2 Å². The molecule has 176 valence electrons. The molecule has 1 aromatic carbocycles. The molecule has 0 unspecified atom stereocenters. The van der Waals surface area contributed by atoms with E-state index in [2.05, 4.69) is 39.8 Å². The molecular weight excluding hydrogens is 392 g/mol. The van der Waals surface area contributed by atoms with Crippen LogP contribution in [0.15, 0.2) is 72.9 Å². The molecule has 0 heterocycles. The fourth-order valence-corrected chi connectivity index (χ4v) is 3.46. The van der Waals surface area contributed by atoms with Gasteiger partial charge in [-0.25, -0.2) is 4.79 Å². The summed E-state index contributed by atoms with van der Waals surface area (Å²) in [6.45, 7) is 8.59. The van der Waals surface area contributed by atoms with Crippen LogP contribution in [0.2, 0.25) is 0 Å². The van der Waals surface area contributed by atoms with Crippen molar-refractivity contribution in [2.45, 2.75) is 97.3 Å². The highest BCUT2D eigenvalue weighted by molar-refractivity contribution is 5.84. The predicted molar refractivity (Wildman–Crippen MR) is 139 cm³/mol. The van der Waals surface area contributed by atoms with Crippen molar-refractivity contribution >= 4 is 5.97 Å². The number of rotatable bonds is 15. The molecular formula is C30H44O2. The van der Waals surface area contributed by atoms with Gasteiger partial charge in [0.15, 0.2) is 0 Å². The molecule has 0 aliphatic carbocycles. The number of unbranched alkanes of at least 4 members (excludes halogenated alkanes) is 9. The van der Waals surface area contributed by atoms with E-state index in [1.54, 1.807) is 6.08 Å². The average Bonchev–Trinajstić information content (AvgIpc) is 2.75. The smallest absolute Gasteiger partial charge is 0.336 e. The lowest BCUT2D eigenvalue weighted by molar-refractivity contribution is -0.129. The molecule has 2 heteroatoms. The summed E-state index contributed by atoms with van der Waals surface area (Å²) in [6, 6.07) is 7.69. The summed E-state index contributed by atoms with van der Waals surface area (Å²) >= 11 is 0. The van der Waals surface area contributed by atoms with E-state index in [0.717, 1.165) is 12.0 Å². The Labute approximate surface area is 197 Å². The second kappa shape index (κ2) is 17.2. The molecule has 0 atom stereocenters. The SMILES string of the molecule is CCCCCCCCCCC\C=C/C=C/C=C\C=C\C(=O)Oc1ccccc1C(C)(C)C. The van der Waals surface area contributed by atoms with Crippen molar-refractivity contribution in [1.82, 2.24) is 0 Å². The van der Waals surface area contributed by atoms with E-state index in [9.17, 15) is 4.79 Å². The van der Waals surface area contributed by atoms with Crippen molar-refractivity contribution in [3.8, 4) is 5.75 Å². The van der Waals surface area contributed by atoms with Gasteiger partial charge in [-0.2, -0.15) is 0 Å². The predicted octanol–water partition coefficient (Wildman–Crippen LogP) is 9.04. The van der Waals surface area contributed by atoms with E-state index in [1.165, 1.54) is 63.9 Å². The van der Waals surface area contributed by atoms with E-state index in [0.29, 0.717) is 5.75 Å². The number of benzene rings is 1. The third-order valence-electron chi connectivity index (χ3n) is 5.30. The Hall–Kier alpha value is -2.35. The molecule has 0 amide bonds. The molecule has 2 nitrogen and oxygen atoms in total. The maximum absolute atomic E-state index is 12.1. The van der Waals surface area contributed by atoms with Gasteiger partial charge in [-0.15, -0.1) is 0 Å². The van der Waals surface area contributed by atoms with Crippen LogP contribution in [-0.4, -0.2) is 5.97 Å². The van der Waals surface area contributed by atoms with E-state index < -0.39 is 0 Å². The highest BCUT2D eigenvalue weighted by Crippen LogP contribution is 2.31. The average molecular weight is 437 g/mol. The molecule has 0 saturated carbocycles. The van der Waals surface area contributed by atoms with E-state index >= 15 is 0 Å². The summed E-state index contributed by atoms with van der Waals surface area (Å²) in [5, 5.41) is 0. The molecule has 0 spiro atoms. The molecule has 0 saturated heterocycles. The van der Waals surface area contributed by atoms with Crippen molar-refractivity contribution in [2.24, 2.45) is 0 Å². The lowest BCUT2D eigenvalue weighted by Gasteiger charge is -2.21. The van der Waals surface area contributed by atoms with Gasteiger partial charge in [0, 0.05) is 11.6 Å². The first kappa shape index (κ1) is 27.7. The Bertz CT molecular complexity index is 744. The van der Waals surface area contributed by atoms with Crippen LogP contribution < -0.4 is 4.74 Å². The van der Waals surface area contributed by atoms with Crippen molar-refractivity contribution < 1.29 is 9.53 Å². The fourth-order valence-electron chi connectivity index (χ4n) is 3.46. The van der Waals surface area contributed by atoms with Crippen LogP contribution in [0, 0.1) is 0 Å². The van der Waals surface area contributed by atoms with Crippen LogP contribution in [0.1, 0.15) is 97.5 Å². The molecule has 0 aliphatic rings. The van der Waals surface area contributed by atoms with Gasteiger partial charge in [0.2, 0.25) is 0 Å². The zero-order valence-corrected chi connectivity index (χ0v) is 20.8. The largest absolute Gasteiger partial charge is 0.423 e. The highest BCUT2D eigenvalue weighted by atomic mass is 16.5. The van der Waals surface area contributed by atoms with Gasteiger partial charge in [-0.1, -0.05) is 140 Å². The van der Waals surface area contributed by atoms with Crippen molar-refractivity contribution in [3.05, 3.63) is 78.4 Å². The summed E-state index contributed by atoms with van der Waals surface area (Å²) in [4.78, 5) is 12.1. The highest BCUT2D eigenvalue weighted by Gasteiger charge is 2.19. The van der Waals surface area contributed by atoms with E-state index in [4.69, 9.17) is 4.74 Å². The molecule has 0 fully saturated rings. The molecule has 32 heavy (non-hydrogen) atoms. The zero-order valence-electron chi connectivity index (χ0n) is 20.8. The molecule has 1 rings (SSSR count). The third-order valence-corrected chi connectivity index (χ3v) is 5.30. The lowest BCUT2D eigenvalue weighted by Crippen LogP contribution is -2.15. The summed E-state index contributed by atoms with van der Waals surface area (Å²) in [7, 11) is 0. The quantitative estimate of drug-likeness (QED) is 0.0901. The monoisotopic (exact) mass is 436 g/mol. The summed E-state index contributed by atoms with van der Waals surface area (Å²) < 4.78 is 5.51. The van der Waals surface area contributed by atoms with Crippen LogP contribution in [0.25, 0.3) is 0 Å². The number of para-hydroxylation sites is 1. The molecule has 0 aliphatic heterocycles. The third kappa shape index (κ3) is 13.9. The minimum atomic E-state index is -0.365. The van der Waals surface area contributed by atoms with Crippen LogP contribution in [0.3, 0.4) is 0 Å². The summed E-state index contributed by atoms with van der Waals surface area (Å²) in [6.07, 6.45) is 28.7. The number of hydrogen-bond acceptors (Lipinski definition) is 2. The second-order valence-corrected chi connectivity index (χ2v) is 9.34. The van der Waals surface area contributed by atoms with Gasteiger partial charge in [0.1, 0.15) is 5.75 Å². The van der Waals surface area contributed by atoms with E-state index in [-0.39, 0.29) is 11.4 Å². The topological polar surface area (TPSA) is 26.3 Å². The Morgan fingerprint density at radius 2 is 1.34 bits per heavy atom. The maximum Gasteiger partial charge on any atom is 0.336 e. The number of carbonyl (C=O) groups excluding carboxylic acids is 1. The molecule has 0 aromatic heterocycles. The lowest BCUT2D eigenvalue weighted by atomic mass is 9.86. The van der Waals surface area contributed by atoms with Crippen LogP contribution in [0.5, 0.6) is 5.75 Å². The summed E-state index contributed by atoms with van der Waals surface area (Å²) in [5.74, 6) is 0.256. The molecule has 1 aromatic rings. The molecule has 0 N–H and O–H groups in total. The molecule has 0 bridgehead atoms. The zero-order chi connectivity index (χ0) is 23.5. The minimum absolute atomic E-state index is 0.0767. The number of carbonyl (C=O) groups is 1. The Balaban J connectivity index is 2.18. The first-order valence-corrected chi connectivity index (χ1v) is 12.4. The van der Waals surface area contributed by atoms with Gasteiger partial charge < -0.3 is 4.74 Å². The molecule has 0 radical (unpaired) electrons. The van der Waals surface area contributed by atoms with E-state index in [1.807, 2.05) is 48.6 Å². The number of allylic oxidation sites excluding steroid dienone is 7. The van der Waals surface area contributed by atoms with Gasteiger partial charge in [-0.3, -0.25) is 0 Å². The minimum Gasteiger partial charge on any atom is -0.423 e. The fraction of sp³-hybridized carbons (Fsp3) is 0.500. The van der Waals surface area contributed by atoms with Gasteiger partial charge in [0.05, 0.1) is 0 Å². The normalized spacial score (nSPS) is 12.6. The van der Waals surface area contributed by atoms with Crippen molar-refractivity contribution in [1.29, 1.82) is 0 Å². The van der Waals surface area contributed by atoms with Gasteiger partial charge in [-0.05, 0) is 24.3 Å². The summed E-state index contributed by atoms with van der Waals surface area (Å²) in [5.41, 5.74) is 0.946. The first-order valence-electron chi connectivity index (χ1n) is 12.4. The second-order valence-electron chi connectivity index (χ2n) is 9.34. The Kier molecular flexibility index (Phi) is 14.9. The first-order chi connectivity index (χ1) is 15.4. The van der Waals surface area contributed by atoms with Crippen LogP contribution in [0.4, 0.5) is 0 Å². The maximum atomic E-state index is 12.1. The number of hydrogen-bond donors (Lipinski definition) is 0. The number of esters is 1. The Morgan fingerprint density at radius 3 is 2.00 bits per heavy atom. The number of ether oxygens (including phenoxy) is 1.